The highest BCUT2D eigenvalue weighted by Crippen LogP contribution is 2.37. The molecule has 0 aromatic heterocycles. The molecule has 2 aromatic rings. The lowest BCUT2D eigenvalue weighted by Crippen LogP contribution is -2.60. The summed E-state index contributed by atoms with van der Waals surface area (Å²) in [5.74, 6) is -3.45. The van der Waals surface area contributed by atoms with Gasteiger partial charge in [-0.3, -0.25) is 24.1 Å². The van der Waals surface area contributed by atoms with Crippen LogP contribution in [0, 0.1) is 11.7 Å². The molecule has 1 fully saturated rings. The lowest BCUT2D eigenvalue weighted by atomic mass is 9.95. The Labute approximate surface area is 190 Å². The Balaban J connectivity index is 1.49. The van der Waals surface area contributed by atoms with E-state index in [0.717, 1.165) is 0 Å². The van der Waals surface area contributed by atoms with E-state index in [1.54, 1.807) is 44.2 Å². The molecule has 2 aliphatic rings. The number of rotatable bonds is 4. The van der Waals surface area contributed by atoms with E-state index < -0.39 is 41.2 Å². The third-order valence-electron chi connectivity index (χ3n) is 5.97. The summed E-state index contributed by atoms with van der Waals surface area (Å²) in [6, 6.07) is 12.7. The fourth-order valence-electron chi connectivity index (χ4n) is 4.12. The molecule has 8 nitrogen and oxygen atoms in total. The lowest BCUT2D eigenvalue weighted by Gasteiger charge is -2.42. The predicted molar refractivity (Wildman–Crippen MR) is 119 cm³/mol. The number of carbonyl (C=O) groups excluding carboxylic acids is 4. The van der Waals surface area contributed by atoms with Crippen molar-refractivity contribution >= 4 is 40.8 Å². The second-order valence-electron chi connectivity index (χ2n) is 8.64. The van der Waals surface area contributed by atoms with Crippen molar-refractivity contribution in [2.24, 2.45) is 5.92 Å². The molecule has 9 heteroatoms. The van der Waals surface area contributed by atoms with Crippen molar-refractivity contribution in [1.29, 1.82) is 0 Å². The summed E-state index contributed by atoms with van der Waals surface area (Å²) in [5.41, 5.74) is -0.135. The average molecular weight is 453 g/mol. The van der Waals surface area contributed by atoms with E-state index in [2.05, 4.69) is 5.32 Å². The van der Waals surface area contributed by atoms with E-state index in [1.807, 2.05) is 0 Å². The van der Waals surface area contributed by atoms with Crippen LogP contribution in [0.25, 0.3) is 0 Å². The van der Waals surface area contributed by atoms with Gasteiger partial charge in [-0.05, 0) is 45.0 Å². The first kappa shape index (κ1) is 22.4. The molecule has 0 bridgehead atoms. The smallest absolute Gasteiger partial charge is 0.312 e. The van der Waals surface area contributed by atoms with Gasteiger partial charge in [0.1, 0.15) is 11.4 Å². The van der Waals surface area contributed by atoms with Crippen molar-refractivity contribution in [3.8, 4) is 0 Å². The minimum atomic E-state index is -1.21. The van der Waals surface area contributed by atoms with Crippen molar-refractivity contribution in [3.63, 3.8) is 0 Å². The fourth-order valence-corrected chi connectivity index (χ4v) is 4.12. The maximum absolute atomic E-state index is 14.1. The van der Waals surface area contributed by atoms with E-state index in [9.17, 15) is 23.6 Å². The second-order valence-corrected chi connectivity index (χ2v) is 8.64. The average Bonchev–Trinajstić information content (AvgIpc) is 3.16. The molecule has 33 heavy (non-hydrogen) atoms. The number of carbonyl (C=O) groups is 4. The molecule has 0 saturated carbocycles. The Morgan fingerprint density at radius 1 is 1.09 bits per heavy atom. The zero-order valence-electron chi connectivity index (χ0n) is 18.5. The number of halogens is 1. The molecular weight excluding hydrogens is 429 g/mol. The van der Waals surface area contributed by atoms with Gasteiger partial charge >= 0.3 is 5.97 Å². The van der Waals surface area contributed by atoms with Gasteiger partial charge in [0.05, 0.1) is 23.0 Å². The van der Waals surface area contributed by atoms with Crippen LogP contribution in [-0.2, 0) is 23.9 Å². The lowest BCUT2D eigenvalue weighted by molar-refractivity contribution is -0.158. The number of ether oxygens (including phenoxy) is 1. The number of nitrogens with zero attached hydrogens (tertiary/aromatic N) is 2. The zero-order chi connectivity index (χ0) is 23.9. The second kappa shape index (κ2) is 8.31. The van der Waals surface area contributed by atoms with E-state index >= 15 is 0 Å². The summed E-state index contributed by atoms with van der Waals surface area (Å²) in [5, 5.41) is 2.78. The molecule has 1 saturated heterocycles. The Bertz CT molecular complexity index is 1150. The first-order valence-electron chi connectivity index (χ1n) is 10.6. The predicted octanol–water partition coefficient (Wildman–Crippen LogP) is 2.87. The Morgan fingerprint density at radius 2 is 1.73 bits per heavy atom. The van der Waals surface area contributed by atoms with Crippen LogP contribution in [0.5, 0.6) is 0 Å². The number of benzene rings is 2. The first-order chi connectivity index (χ1) is 15.6. The number of hydrogen-bond donors (Lipinski definition) is 1. The van der Waals surface area contributed by atoms with Crippen molar-refractivity contribution in [3.05, 3.63) is 54.3 Å². The molecule has 172 valence electrons. The third kappa shape index (κ3) is 3.94. The van der Waals surface area contributed by atoms with Crippen LogP contribution >= 0.6 is 0 Å². The molecule has 2 heterocycles. The number of fused-ring (bicyclic) bond motifs is 1. The minimum Gasteiger partial charge on any atom is -0.452 e. The van der Waals surface area contributed by atoms with Crippen LogP contribution in [0.4, 0.5) is 21.5 Å². The first-order valence-corrected chi connectivity index (χ1v) is 10.6. The molecule has 3 amide bonds. The van der Waals surface area contributed by atoms with Gasteiger partial charge in [-0.1, -0.05) is 24.3 Å². The quantitative estimate of drug-likeness (QED) is 0.719. The van der Waals surface area contributed by atoms with Crippen molar-refractivity contribution in [1.82, 2.24) is 0 Å². The molecule has 2 aromatic carbocycles. The molecule has 2 aliphatic heterocycles. The summed E-state index contributed by atoms with van der Waals surface area (Å²) >= 11 is 0. The van der Waals surface area contributed by atoms with Crippen LogP contribution < -0.4 is 15.1 Å². The molecular formula is C24H24FN3O5. The van der Waals surface area contributed by atoms with Gasteiger partial charge < -0.3 is 15.0 Å². The molecule has 0 aliphatic carbocycles. The van der Waals surface area contributed by atoms with Crippen molar-refractivity contribution < 1.29 is 28.3 Å². The summed E-state index contributed by atoms with van der Waals surface area (Å²) in [6.45, 7) is 4.59. The number of esters is 1. The van der Waals surface area contributed by atoms with Crippen LogP contribution in [0.3, 0.4) is 0 Å². The Morgan fingerprint density at radius 3 is 2.42 bits per heavy atom. The number of para-hydroxylation sites is 3. The maximum atomic E-state index is 14.1. The maximum Gasteiger partial charge on any atom is 0.312 e. The van der Waals surface area contributed by atoms with Crippen LogP contribution in [0.15, 0.2) is 48.5 Å². The number of anilines is 3. The summed E-state index contributed by atoms with van der Waals surface area (Å²) in [4.78, 5) is 53.6. The Hall–Kier alpha value is -3.75. The summed E-state index contributed by atoms with van der Waals surface area (Å²) in [7, 11) is 0. The molecule has 0 unspecified atom stereocenters. The van der Waals surface area contributed by atoms with Gasteiger partial charge in [0.15, 0.2) is 6.10 Å². The highest BCUT2D eigenvalue weighted by atomic mass is 19.1. The number of nitrogens with one attached hydrogen (secondary N) is 1. The number of hydrogen-bond acceptors (Lipinski definition) is 5. The minimum absolute atomic E-state index is 0.0417. The monoisotopic (exact) mass is 453 g/mol. The van der Waals surface area contributed by atoms with Gasteiger partial charge in [0.2, 0.25) is 11.8 Å². The zero-order valence-corrected chi connectivity index (χ0v) is 18.5. The van der Waals surface area contributed by atoms with E-state index in [0.29, 0.717) is 11.4 Å². The van der Waals surface area contributed by atoms with Crippen LogP contribution in [0.2, 0.25) is 0 Å². The highest BCUT2D eigenvalue weighted by molar-refractivity contribution is 6.15. The van der Waals surface area contributed by atoms with E-state index in [1.165, 1.54) is 34.9 Å². The molecule has 4 rings (SSSR count). The van der Waals surface area contributed by atoms with E-state index in [4.69, 9.17) is 4.74 Å². The summed E-state index contributed by atoms with van der Waals surface area (Å²) in [6.07, 6.45) is -1.34. The van der Waals surface area contributed by atoms with Crippen LogP contribution in [0.1, 0.15) is 27.2 Å². The van der Waals surface area contributed by atoms with Gasteiger partial charge in [-0.15, -0.1) is 0 Å². The standard InChI is InChI=1S/C24H24FN3O5/c1-14(21(30)28-19-11-7-5-9-17(19)26-23(32)24(28,2)3)33-22(31)15-12-20(29)27(13-15)18-10-6-4-8-16(18)25/h4-11,14-15H,12-13H2,1-3H3,(H,26,32)/t14-,15-/m0/s1. The molecule has 2 atom stereocenters. The fraction of sp³-hybridized carbons (Fsp3) is 0.333. The van der Waals surface area contributed by atoms with Gasteiger partial charge in [0.25, 0.3) is 5.91 Å². The van der Waals surface area contributed by atoms with Crippen LogP contribution in [-0.4, -0.2) is 41.9 Å². The van der Waals surface area contributed by atoms with Gasteiger partial charge in [-0.25, -0.2) is 4.39 Å². The third-order valence-corrected chi connectivity index (χ3v) is 5.97. The van der Waals surface area contributed by atoms with Gasteiger partial charge in [0, 0.05) is 13.0 Å². The number of amides is 3. The van der Waals surface area contributed by atoms with E-state index in [-0.39, 0.29) is 24.6 Å². The SMILES string of the molecule is C[C@H](OC(=O)[C@H]1CC(=O)N(c2ccccc2F)C1)C(=O)N1c2ccccc2NC(=O)C1(C)C. The van der Waals surface area contributed by atoms with Crippen molar-refractivity contribution in [2.75, 3.05) is 21.7 Å². The van der Waals surface area contributed by atoms with Crippen molar-refractivity contribution in [2.45, 2.75) is 38.8 Å². The largest absolute Gasteiger partial charge is 0.452 e. The topological polar surface area (TPSA) is 96.0 Å². The summed E-state index contributed by atoms with van der Waals surface area (Å²) < 4.78 is 19.5. The van der Waals surface area contributed by atoms with Gasteiger partial charge in [-0.2, -0.15) is 0 Å². The highest BCUT2D eigenvalue weighted by Gasteiger charge is 2.46. The normalized spacial score (nSPS) is 20.2. The molecule has 0 spiro atoms. The molecule has 0 radical (unpaired) electrons. The Kier molecular flexibility index (Phi) is 5.65. The molecule has 1 N–H and O–H groups in total.